The Labute approximate surface area is 146 Å². The van der Waals surface area contributed by atoms with E-state index in [0.29, 0.717) is 12.4 Å². The lowest BCUT2D eigenvalue weighted by molar-refractivity contribution is 0.950. The molecule has 25 heavy (non-hydrogen) atoms. The number of anilines is 1. The Morgan fingerprint density at radius 1 is 0.800 bits per heavy atom. The Kier molecular flexibility index (Phi) is 4.04. The van der Waals surface area contributed by atoms with E-state index in [1.807, 2.05) is 24.4 Å². The van der Waals surface area contributed by atoms with Gasteiger partial charge in [-0.3, -0.25) is 4.98 Å². The van der Waals surface area contributed by atoms with E-state index in [1.165, 1.54) is 11.1 Å². The number of aryl methyl sites for hydroxylation is 2. The third-order valence-electron chi connectivity index (χ3n) is 4.58. The lowest BCUT2D eigenvalue weighted by atomic mass is 10.0. The minimum absolute atomic E-state index is 0.484. The molecule has 0 atom stereocenters. The maximum Gasteiger partial charge on any atom is 0.150 e. The second kappa shape index (κ2) is 6.49. The van der Waals surface area contributed by atoms with Crippen LogP contribution in [-0.4, -0.2) is 9.97 Å². The molecule has 0 saturated heterocycles. The molecule has 124 valence electrons. The standard InChI is InChI=1S/C21H20N4/c22-12-15-8-5-14(6-9-15)7-10-16-11-18-17-3-1-2-4-19(17)25-21(23)20(18)24-13-16/h1-6,8-9,11,13H,7,10,12,22H2,(H2,23,25). The number of hydrogen-bond donors (Lipinski definition) is 2. The second-order valence-electron chi connectivity index (χ2n) is 6.27. The first kappa shape index (κ1) is 15.5. The molecule has 0 aliphatic carbocycles. The molecular weight excluding hydrogens is 308 g/mol. The van der Waals surface area contributed by atoms with Crippen LogP contribution < -0.4 is 11.5 Å². The largest absolute Gasteiger partial charge is 0.382 e. The first-order chi connectivity index (χ1) is 12.2. The number of nitrogens with zero attached hydrogens (tertiary/aromatic N) is 2. The molecule has 4 rings (SSSR count). The van der Waals surface area contributed by atoms with Gasteiger partial charge in [-0.25, -0.2) is 4.98 Å². The average molecular weight is 328 g/mol. The summed E-state index contributed by atoms with van der Waals surface area (Å²) >= 11 is 0. The van der Waals surface area contributed by atoms with Gasteiger partial charge < -0.3 is 11.5 Å². The summed E-state index contributed by atoms with van der Waals surface area (Å²) in [4.78, 5) is 9.01. The van der Waals surface area contributed by atoms with Crippen LogP contribution in [0.25, 0.3) is 21.8 Å². The maximum absolute atomic E-state index is 6.08. The number of aromatic nitrogens is 2. The van der Waals surface area contributed by atoms with E-state index in [9.17, 15) is 0 Å². The normalized spacial score (nSPS) is 11.2. The van der Waals surface area contributed by atoms with Gasteiger partial charge in [-0.15, -0.1) is 0 Å². The average Bonchev–Trinajstić information content (AvgIpc) is 2.67. The summed E-state index contributed by atoms with van der Waals surface area (Å²) < 4.78 is 0. The Hall–Kier alpha value is -2.98. The molecule has 0 radical (unpaired) electrons. The van der Waals surface area contributed by atoms with Crippen LogP contribution in [0.2, 0.25) is 0 Å². The molecule has 2 heterocycles. The van der Waals surface area contributed by atoms with Gasteiger partial charge in [0.2, 0.25) is 0 Å². The zero-order chi connectivity index (χ0) is 17.2. The summed E-state index contributed by atoms with van der Waals surface area (Å²) in [6.07, 6.45) is 3.81. The number of para-hydroxylation sites is 1. The van der Waals surface area contributed by atoms with Crippen LogP contribution in [0.1, 0.15) is 16.7 Å². The van der Waals surface area contributed by atoms with Gasteiger partial charge in [0.1, 0.15) is 5.52 Å². The predicted octanol–water partition coefficient (Wildman–Crippen LogP) is 3.61. The zero-order valence-corrected chi connectivity index (χ0v) is 13.9. The fourth-order valence-electron chi connectivity index (χ4n) is 3.17. The van der Waals surface area contributed by atoms with E-state index in [-0.39, 0.29) is 0 Å². The highest BCUT2D eigenvalue weighted by Crippen LogP contribution is 2.27. The number of hydrogen-bond acceptors (Lipinski definition) is 4. The first-order valence-corrected chi connectivity index (χ1v) is 8.45. The number of nitrogen functional groups attached to an aromatic ring is 1. The molecular formula is C21H20N4. The summed E-state index contributed by atoms with van der Waals surface area (Å²) in [6, 6.07) is 18.7. The van der Waals surface area contributed by atoms with Gasteiger partial charge in [0.15, 0.2) is 5.82 Å². The Balaban J connectivity index is 1.67. The van der Waals surface area contributed by atoms with Crippen LogP contribution in [0, 0.1) is 0 Å². The molecule has 2 aromatic heterocycles. The highest BCUT2D eigenvalue weighted by atomic mass is 14.9. The molecule has 0 unspecified atom stereocenters. The van der Waals surface area contributed by atoms with Crippen LogP contribution in [-0.2, 0) is 19.4 Å². The molecule has 0 aliphatic rings. The van der Waals surface area contributed by atoms with Crippen molar-refractivity contribution < 1.29 is 0 Å². The van der Waals surface area contributed by atoms with E-state index in [4.69, 9.17) is 11.5 Å². The molecule has 0 saturated carbocycles. The molecule has 0 amide bonds. The Morgan fingerprint density at radius 2 is 1.52 bits per heavy atom. The van der Waals surface area contributed by atoms with Crippen LogP contribution in [0.4, 0.5) is 5.82 Å². The van der Waals surface area contributed by atoms with Crippen LogP contribution in [0.5, 0.6) is 0 Å². The van der Waals surface area contributed by atoms with Crippen molar-refractivity contribution in [3.63, 3.8) is 0 Å². The Bertz CT molecular complexity index is 1040. The fraction of sp³-hybridized carbons (Fsp3) is 0.143. The van der Waals surface area contributed by atoms with Gasteiger partial charge >= 0.3 is 0 Å². The van der Waals surface area contributed by atoms with E-state index < -0.39 is 0 Å². The molecule has 0 spiro atoms. The zero-order valence-electron chi connectivity index (χ0n) is 13.9. The number of pyridine rings is 2. The van der Waals surface area contributed by atoms with E-state index in [2.05, 4.69) is 46.4 Å². The lowest BCUT2D eigenvalue weighted by Crippen LogP contribution is -1.99. The van der Waals surface area contributed by atoms with Gasteiger partial charge in [0.25, 0.3) is 0 Å². The van der Waals surface area contributed by atoms with Crippen molar-refractivity contribution in [2.75, 3.05) is 5.73 Å². The van der Waals surface area contributed by atoms with E-state index in [1.54, 1.807) is 0 Å². The van der Waals surface area contributed by atoms with Crippen LogP contribution in [0.3, 0.4) is 0 Å². The topological polar surface area (TPSA) is 77.8 Å². The minimum Gasteiger partial charge on any atom is -0.382 e. The maximum atomic E-state index is 6.08. The molecule has 0 fully saturated rings. The monoisotopic (exact) mass is 328 g/mol. The van der Waals surface area contributed by atoms with Gasteiger partial charge in [-0.05, 0) is 41.7 Å². The summed E-state index contributed by atoms with van der Waals surface area (Å²) in [5.74, 6) is 0.484. The molecule has 0 bridgehead atoms. The molecule has 2 aromatic carbocycles. The quantitative estimate of drug-likeness (QED) is 0.561. The molecule has 4 aromatic rings. The smallest absolute Gasteiger partial charge is 0.150 e. The Morgan fingerprint density at radius 3 is 2.32 bits per heavy atom. The summed E-state index contributed by atoms with van der Waals surface area (Å²) in [5.41, 5.74) is 17.1. The number of fused-ring (bicyclic) bond motifs is 3. The number of benzene rings is 2. The van der Waals surface area contributed by atoms with Gasteiger partial charge in [-0.1, -0.05) is 42.5 Å². The van der Waals surface area contributed by atoms with Crippen LogP contribution >= 0.6 is 0 Å². The third-order valence-corrected chi connectivity index (χ3v) is 4.58. The summed E-state index contributed by atoms with van der Waals surface area (Å²) in [6.45, 7) is 0.581. The van der Waals surface area contributed by atoms with Gasteiger partial charge in [0, 0.05) is 23.5 Å². The lowest BCUT2D eigenvalue weighted by Gasteiger charge is -2.08. The third kappa shape index (κ3) is 3.04. The first-order valence-electron chi connectivity index (χ1n) is 8.45. The van der Waals surface area contributed by atoms with Crippen molar-refractivity contribution in [2.24, 2.45) is 5.73 Å². The van der Waals surface area contributed by atoms with Gasteiger partial charge in [-0.2, -0.15) is 0 Å². The molecule has 4 nitrogen and oxygen atoms in total. The number of rotatable bonds is 4. The van der Waals surface area contributed by atoms with Crippen molar-refractivity contribution in [1.82, 2.24) is 9.97 Å². The summed E-state index contributed by atoms with van der Waals surface area (Å²) in [5, 5.41) is 2.16. The van der Waals surface area contributed by atoms with E-state index >= 15 is 0 Å². The van der Waals surface area contributed by atoms with E-state index in [0.717, 1.165) is 40.2 Å². The van der Waals surface area contributed by atoms with Crippen molar-refractivity contribution in [1.29, 1.82) is 0 Å². The SMILES string of the molecule is NCc1ccc(CCc2cnc3c(N)nc4ccccc4c3c2)cc1. The highest BCUT2D eigenvalue weighted by molar-refractivity contribution is 6.08. The van der Waals surface area contributed by atoms with Gasteiger partial charge in [0.05, 0.1) is 5.52 Å². The summed E-state index contributed by atoms with van der Waals surface area (Å²) in [7, 11) is 0. The number of nitrogens with two attached hydrogens (primary N) is 2. The fourth-order valence-corrected chi connectivity index (χ4v) is 3.17. The second-order valence-corrected chi connectivity index (χ2v) is 6.27. The minimum atomic E-state index is 0.484. The highest BCUT2D eigenvalue weighted by Gasteiger charge is 2.08. The molecule has 0 aliphatic heterocycles. The molecule has 4 heteroatoms. The van der Waals surface area contributed by atoms with Crippen molar-refractivity contribution in [2.45, 2.75) is 19.4 Å². The van der Waals surface area contributed by atoms with Crippen molar-refractivity contribution in [3.05, 3.63) is 77.5 Å². The molecule has 4 N–H and O–H groups in total. The predicted molar refractivity (Wildman–Crippen MR) is 103 cm³/mol. The van der Waals surface area contributed by atoms with Crippen LogP contribution in [0.15, 0.2) is 60.8 Å². The van der Waals surface area contributed by atoms with Crippen molar-refractivity contribution >= 4 is 27.6 Å². The van der Waals surface area contributed by atoms with Crippen molar-refractivity contribution in [3.8, 4) is 0 Å².